The normalized spacial score (nSPS) is 11.2. The first-order chi connectivity index (χ1) is 9.83. The molecule has 0 bridgehead atoms. The number of para-hydroxylation sites is 1. The van der Waals surface area contributed by atoms with E-state index in [2.05, 4.69) is 9.36 Å². The Hall–Kier alpha value is -2.53. The second-order valence-corrected chi connectivity index (χ2v) is 5.16. The van der Waals surface area contributed by atoms with Crippen LogP contribution in [-0.4, -0.2) is 9.36 Å². The summed E-state index contributed by atoms with van der Waals surface area (Å²) in [5.41, 5.74) is 0.854. The lowest BCUT2D eigenvalue weighted by molar-refractivity contribution is 0.517. The number of aromatic nitrogens is 2. The first-order valence-corrected chi connectivity index (χ1v) is 6.85. The van der Waals surface area contributed by atoms with Gasteiger partial charge in [0.2, 0.25) is 0 Å². The topological polar surface area (TPSA) is 56.0 Å². The van der Waals surface area contributed by atoms with Crippen LogP contribution in [0.2, 0.25) is 0 Å². The molecule has 0 fully saturated rings. The van der Waals surface area contributed by atoms with Crippen LogP contribution in [0.25, 0.3) is 32.6 Å². The number of hydrogen-bond acceptors (Lipinski definition) is 5. The molecule has 0 radical (unpaired) electrons. The van der Waals surface area contributed by atoms with Crippen molar-refractivity contribution < 1.29 is 4.42 Å². The Morgan fingerprint density at radius 1 is 0.950 bits per heavy atom. The van der Waals surface area contributed by atoms with Crippen molar-refractivity contribution in [1.29, 1.82) is 0 Å². The molecule has 0 aliphatic rings. The Morgan fingerprint density at radius 3 is 2.60 bits per heavy atom. The molecule has 0 aliphatic heterocycles. The third-order valence-corrected chi connectivity index (χ3v) is 3.94. The first-order valence-electron chi connectivity index (χ1n) is 6.07. The molecule has 0 spiro atoms. The zero-order chi connectivity index (χ0) is 13.5. The molecule has 2 aromatic heterocycles. The first kappa shape index (κ1) is 11.3. The second-order valence-electron chi connectivity index (χ2n) is 4.35. The summed E-state index contributed by atoms with van der Waals surface area (Å²) in [6.45, 7) is 0. The maximum Gasteiger partial charge on any atom is 0.347 e. The number of fused-ring (bicyclic) bond motifs is 2. The summed E-state index contributed by atoms with van der Waals surface area (Å²) in [5, 5.41) is 1.43. The van der Waals surface area contributed by atoms with Crippen molar-refractivity contribution in [3.05, 3.63) is 59.0 Å². The Balaban J connectivity index is 2.05. The number of benzene rings is 2. The van der Waals surface area contributed by atoms with Crippen LogP contribution in [0.3, 0.4) is 0 Å². The minimum absolute atomic E-state index is 0.270. The van der Waals surface area contributed by atoms with Crippen molar-refractivity contribution in [2.45, 2.75) is 0 Å². The molecule has 0 unspecified atom stereocenters. The van der Waals surface area contributed by atoms with E-state index in [9.17, 15) is 4.79 Å². The largest absolute Gasteiger partial charge is 0.401 e. The van der Waals surface area contributed by atoms with Gasteiger partial charge in [-0.15, -0.1) is 0 Å². The average molecular weight is 280 g/mol. The molecule has 0 aliphatic carbocycles. The summed E-state index contributed by atoms with van der Waals surface area (Å²) in [6, 6.07) is 15.0. The molecule has 0 atom stereocenters. The van der Waals surface area contributed by atoms with Gasteiger partial charge in [0.15, 0.2) is 0 Å². The molecule has 0 saturated carbocycles. The van der Waals surface area contributed by atoms with Crippen molar-refractivity contribution in [2.75, 3.05) is 0 Å². The van der Waals surface area contributed by atoms with Crippen LogP contribution in [0.5, 0.6) is 0 Å². The molecule has 4 rings (SSSR count). The summed E-state index contributed by atoms with van der Waals surface area (Å²) in [6.07, 6.45) is 0. The van der Waals surface area contributed by atoms with E-state index in [1.54, 1.807) is 18.2 Å². The highest BCUT2D eigenvalue weighted by Gasteiger charge is 2.14. The summed E-state index contributed by atoms with van der Waals surface area (Å²) < 4.78 is 10.7. The van der Waals surface area contributed by atoms with Gasteiger partial charge in [-0.2, -0.15) is 4.37 Å². The monoisotopic (exact) mass is 280 g/mol. The van der Waals surface area contributed by atoms with E-state index in [-0.39, 0.29) is 11.5 Å². The Kier molecular flexibility index (Phi) is 2.40. The molecule has 5 heteroatoms. The second kappa shape index (κ2) is 4.25. The Labute approximate surface area is 117 Å². The quantitative estimate of drug-likeness (QED) is 0.535. The molecule has 4 aromatic rings. The Morgan fingerprint density at radius 2 is 1.70 bits per heavy atom. The summed E-state index contributed by atoms with van der Waals surface area (Å²) in [5.74, 6) is 0.270. The van der Waals surface area contributed by atoms with Gasteiger partial charge in [-0.25, -0.2) is 9.78 Å². The molecule has 2 aromatic carbocycles. The minimum atomic E-state index is -0.386. The zero-order valence-electron chi connectivity index (χ0n) is 10.2. The highest BCUT2D eigenvalue weighted by Crippen LogP contribution is 2.29. The standard InChI is InChI=1S/C15H8N2O2S/c18-15-9-5-1-3-7-11(9)16-14(19-15)13-10-6-2-4-8-12(10)20-17-13/h1-8H. The van der Waals surface area contributed by atoms with E-state index in [0.717, 1.165) is 10.1 Å². The summed E-state index contributed by atoms with van der Waals surface area (Å²) in [4.78, 5) is 16.4. The SMILES string of the molecule is O=c1oc(-c2nsc3ccccc23)nc2ccccc12. The van der Waals surface area contributed by atoms with Crippen LogP contribution in [-0.2, 0) is 0 Å². The van der Waals surface area contributed by atoms with Crippen molar-refractivity contribution >= 4 is 32.5 Å². The van der Waals surface area contributed by atoms with Gasteiger partial charge >= 0.3 is 5.63 Å². The van der Waals surface area contributed by atoms with Gasteiger partial charge in [0.25, 0.3) is 5.89 Å². The third kappa shape index (κ3) is 1.64. The molecule has 0 N–H and O–H groups in total. The molecule has 0 saturated heterocycles. The lowest BCUT2D eigenvalue weighted by atomic mass is 10.2. The van der Waals surface area contributed by atoms with Crippen LogP contribution >= 0.6 is 11.5 Å². The smallest absolute Gasteiger partial charge is 0.347 e. The molecular formula is C15H8N2O2S. The molecule has 96 valence electrons. The van der Waals surface area contributed by atoms with Crippen LogP contribution < -0.4 is 5.63 Å². The van der Waals surface area contributed by atoms with Gasteiger partial charge in [0, 0.05) is 5.39 Å². The minimum Gasteiger partial charge on any atom is -0.401 e. The van der Waals surface area contributed by atoms with E-state index in [1.807, 2.05) is 30.3 Å². The number of rotatable bonds is 1. The molecule has 20 heavy (non-hydrogen) atoms. The predicted molar refractivity (Wildman–Crippen MR) is 78.9 cm³/mol. The molecule has 4 nitrogen and oxygen atoms in total. The van der Waals surface area contributed by atoms with Crippen molar-refractivity contribution in [3.8, 4) is 11.6 Å². The van der Waals surface area contributed by atoms with Gasteiger partial charge in [-0.1, -0.05) is 30.3 Å². The predicted octanol–water partition coefficient (Wildman–Crippen LogP) is 3.46. The highest BCUT2D eigenvalue weighted by molar-refractivity contribution is 7.13. The van der Waals surface area contributed by atoms with Crippen molar-refractivity contribution in [2.24, 2.45) is 0 Å². The number of hydrogen-bond donors (Lipinski definition) is 0. The fourth-order valence-corrected chi connectivity index (χ4v) is 2.93. The van der Waals surface area contributed by atoms with Crippen LogP contribution in [0, 0.1) is 0 Å². The highest BCUT2D eigenvalue weighted by atomic mass is 32.1. The maximum atomic E-state index is 12.0. The number of nitrogens with zero attached hydrogens (tertiary/aromatic N) is 2. The van der Waals surface area contributed by atoms with Gasteiger partial charge in [-0.3, -0.25) is 0 Å². The van der Waals surface area contributed by atoms with Gasteiger partial charge in [0.1, 0.15) is 5.69 Å². The average Bonchev–Trinajstić information content (AvgIpc) is 2.91. The van der Waals surface area contributed by atoms with E-state index >= 15 is 0 Å². The molecule has 0 amide bonds. The van der Waals surface area contributed by atoms with E-state index in [0.29, 0.717) is 16.6 Å². The fourth-order valence-electron chi connectivity index (χ4n) is 2.16. The van der Waals surface area contributed by atoms with Crippen molar-refractivity contribution in [3.63, 3.8) is 0 Å². The summed E-state index contributed by atoms with van der Waals surface area (Å²) >= 11 is 1.37. The van der Waals surface area contributed by atoms with Crippen LogP contribution in [0.1, 0.15) is 0 Å². The maximum absolute atomic E-state index is 12.0. The van der Waals surface area contributed by atoms with Crippen LogP contribution in [0.4, 0.5) is 0 Å². The molecular weight excluding hydrogens is 272 g/mol. The molecule has 2 heterocycles. The third-order valence-electron chi connectivity index (χ3n) is 3.12. The fraction of sp³-hybridized carbons (Fsp3) is 0. The van der Waals surface area contributed by atoms with Gasteiger partial charge in [0.05, 0.1) is 15.6 Å². The van der Waals surface area contributed by atoms with E-state index in [1.165, 1.54) is 11.5 Å². The summed E-state index contributed by atoms with van der Waals surface area (Å²) in [7, 11) is 0. The lowest BCUT2D eigenvalue weighted by Crippen LogP contribution is -2.02. The Bertz CT molecular complexity index is 988. The lowest BCUT2D eigenvalue weighted by Gasteiger charge is -1.99. The van der Waals surface area contributed by atoms with Gasteiger partial charge < -0.3 is 4.42 Å². The van der Waals surface area contributed by atoms with E-state index < -0.39 is 0 Å². The van der Waals surface area contributed by atoms with E-state index in [4.69, 9.17) is 4.42 Å². The van der Waals surface area contributed by atoms with Gasteiger partial charge in [-0.05, 0) is 29.7 Å². The van der Waals surface area contributed by atoms with Crippen LogP contribution in [0.15, 0.2) is 57.7 Å². The zero-order valence-corrected chi connectivity index (χ0v) is 11.1. The van der Waals surface area contributed by atoms with Crippen molar-refractivity contribution in [1.82, 2.24) is 9.36 Å².